The molecule has 3 rings (SSSR count). The molecule has 20 heavy (non-hydrogen) atoms. The number of nitrogens with zero attached hydrogens (tertiary/aromatic N) is 1. The molecule has 0 aliphatic carbocycles. The van der Waals surface area contributed by atoms with E-state index in [4.69, 9.17) is 0 Å². The summed E-state index contributed by atoms with van der Waals surface area (Å²) in [5.74, 6) is 0. The number of hydrogen-bond donors (Lipinski definition) is 1. The van der Waals surface area contributed by atoms with Crippen molar-refractivity contribution in [2.45, 2.75) is 13.3 Å². The molecule has 3 aromatic rings. The molecule has 0 aliphatic rings. The van der Waals surface area contributed by atoms with E-state index in [1.165, 1.54) is 15.8 Å². The van der Waals surface area contributed by atoms with Crippen LogP contribution in [0.1, 0.15) is 11.1 Å². The molecule has 2 nitrogen and oxygen atoms in total. The minimum atomic E-state index is 0.907. The molecule has 2 aromatic carbocycles. The van der Waals surface area contributed by atoms with Crippen LogP contribution in [0.3, 0.4) is 0 Å². The quantitative estimate of drug-likeness (QED) is 0.717. The highest BCUT2D eigenvalue weighted by molar-refractivity contribution is 9.10. The van der Waals surface area contributed by atoms with Crippen molar-refractivity contribution < 1.29 is 0 Å². The topological polar surface area (TPSA) is 24.9 Å². The van der Waals surface area contributed by atoms with Crippen molar-refractivity contribution in [3.63, 3.8) is 0 Å². The van der Waals surface area contributed by atoms with Gasteiger partial charge in [0.05, 0.1) is 10.2 Å². The summed E-state index contributed by atoms with van der Waals surface area (Å²) in [4.78, 5) is 4.59. The second kappa shape index (κ2) is 5.94. The monoisotopic (exact) mass is 346 g/mol. The zero-order valence-electron chi connectivity index (χ0n) is 11.2. The van der Waals surface area contributed by atoms with Crippen molar-refractivity contribution in [3.05, 3.63) is 58.1 Å². The Kier molecular flexibility index (Phi) is 4.03. The molecule has 102 valence electrons. The van der Waals surface area contributed by atoms with Gasteiger partial charge in [-0.2, -0.15) is 0 Å². The minimum absolute atomic E-state index is 0.907. The molecule has 0 amide bonds. The van der Waals surface area contributed by atoms with Crippen molar-refractivity contribution in [2.75, 3.05) is 11.9 Å². The van der Waals surface area contributed by atoms with Gasteiger partial charge in [0.25, 0.3) is 0 Å². The van der Waals surface area contributed by atoms with E-state index in [0.29, 0.717) is 0 Å². The molecular formula is C16H15BrN2S. The Hall–Kier alpha value is -1.39. The van der Waals surface area contributed by atoms with Crippen LogP contribution >= 0.6 is 27.3 Å². The molecule has 4 heteroatoms. The molecule has 0 unspecified atom stereocenters. The van der Waals surface area contributed by atoms with Gasteiger partial charge in [0, 0.05) is 11.0 Å². The van der Waals surface area contributed by atoms with Crippen LogP contribution in [-0.4, -0.2) is 11.5 Å². The molecule has 0 fully saturated rings. The molecule has 0 radical (unpaired) electrons. The van der Waals surface area contributed by atoms with E-state index in [1.807, 2.05) is 12.1 Å². The van der Waals surface area contributed by atoms with Crippen molar-refractivity contribution in [3.8, 4) is 0 Å². The number of fused-ring (bicyclic) bond motifs is 1. The molecule has 1 N–H and O–H groups in total. The SMILES string of the molecule is Cc1cccc(CCNc2nc3ccc(Br)cc3s2)c1. The Morgan fingerprint density at radius 2 is 2.10 bits per heavy atom. The lowest BCUT2D eigenvalue weighted by Gasteiger charge is -2.03. The lowest BCUT2D eigenvalue weighted by Crippen LogP contribution is -2.04. The fourth-order valence-corrected chi connectivity index (χ4v) is 3.60. The summed E-state index contributed by atoms with van der Waals surface area (Å²) in [6, 6.07) is 14.8. The van der Waals surface area contributed by atoms with E-state index in [1.54, 1.807) is 11.3 Å². The fourth-order valence-electron chi connectivity index (χ4n) is 2.16. The van der Waals surface area contributed by atoms with E-state index in [0.717, 1.165) is 28.1 Å². The molecule has 0 saturated heterocycles. The highest BCUT2D eigenvalue weighted by Crippen LogP contribution is 2.28. The molecule has 0 spiro atoms. The van der Waals surface area contributed by atoms with Crippen molar-refractivity contribution >= 4 is 42.6 Å². The molecule has 1 aromatic heterocycles. The zero-order valence-corrected chi connectivity index (χ0v) is 13.6. The van der Waals surface area contributed by atoms with Crippen LogP contribution in [0.15, 0.2) is 46.9 Å². The second-order valence-electron chi connectivity index (χ2n) is 4.80. The summed E-state index contributed by atoms with van der Waals surface area (Å²) in [6.45, 7) is 3.03. The van der Waals surface area contributed by atoms with Gasteiger partial charge in [-0.15, -0.1) is 0 Å². The number of halogens is 1. The number of thiazole rings is 1. The lowest BCUT2D eigenvalue weighted by atomic mass is 10.1. The Morgan fingerprint density at radius 3 is 2.95 bits per heavy atom. The average Bonchev–Trinajstić information content (AvgIpc) is 2.80. The number of nitrogens with one attached hydrogen (secondary N) is 1. The largest absolute Gasteiger partial charge is 0.361 e. The number of aryl methyl sites for hydroxylation is 1. The number of aromatic nitrogens is 1. The summed E-state index contributed by atoms with van der Waals surface area (Å²) in [5.41, 5.74) is 3.73. The Morgan fingerprint density at radius 1 is 1.20 bits per heavy atom. The third kappa shape index (κ3) is 3.19. The maximum atomic E-state index is 4.59. The van der Waals surface area contributed by atoms with E-state index in [2.05, 4.69) is 63.5 Å². The van der Waals surface area contributed by atoms with Crippen molar-refractivity contribution in [1.29, 1.82) is 0 Å². The molecule has 1 heterocycles. The highest BCUT2D eigenvalue weighted by atomic mass is 79.9. The lowest BCUT2D eigenvalue weighted by molar-refractivity contribution is 1.01. The molecule has 0 aliphatic heterocycles. The molecule has 0 bridgehead atoms. The van der Waals surface area contributed by atoms with Gasteiger partial charge in [-0.3, -0.25) is 0 Å². The molecule has 0 saturated carbocycles. The van der Waals surface area contributed by atoms with E-state index in [9.17, 15) is 0 Å². The van der Waals surface area contributed by atoms with Crippen LogP contribution in [-0.2, 0) is 6.42 Å². The van der Waals surface area contributed by atoms with Gasteiger partial charge >= 0.3 is 0 Å². The highest BCUT2D eigenvalue weighted by Gasteiger charge is 2.03. The van der Waals surface area contributed by atoms with Crippen molar-refractivity contribution in [2.24, 2.45) is 0 Å². The summed E-state index contributed by atoms with van der Waals surface area (Å²) in [5, 5.41) is 4.41. The summed E-state index contributed by atoms with van der Waals surface area (Å²) in [7, 11) is 0. The minimum Gasteiger partial charge on any atom is -0.361 e. The van der Waals surface area contributed by atoms with Gasteiger partial charge in [0.15, 0.2) is 5.13 Å². The Labute approximate surface area is 131 Å². The van der Waals surface area contributed by atoms with Gasteiger partial charge in [0.2, 0.25) is 0 Å². The Bertz CT molecular complexity index is 736. The normalized spacial score (nSPS) is 10.9. The number of rotatable bonds is 4. The third-order valence-electron chi connectivity index (χ3n) is 3.12. The maximum Gasteiger partial charge on any atom is 0.183 e. The van der Waals surface area contributed by atoms with Crippen LogP contribution in [0.4, 0.5) is 5.13 Å². The van der Waals surface area contributed by atoms with Crippen LogP contribution in [0.2, 0.25) is 0 Å². The molecule has 0 atom stereocenters. The number of anilines is 1. The standard InChI is InChI=1S/C16H15BrN2S/c1-11-3-2-4-12(9-11)7-8-18-16-19-14-6-5-13(17)10-15(14)20-16/h2-6,9-10H,7-8H2,1H3,(H,18,19). The first-order chi connectivity index (χ1) is 9.70. The summed E-state index contributed by atoms with van der Waals surface area (Å²) < 4.78 is 2.30. The van der Waals surface area contributed by atoms with Crippen LogP contribution in [0.5, 0.6) is 0 Å². The van der Waals surface area contributed by atoms with Crippen LogP contribution in [0, 0.1) is 6.92 Å². The van der Waals surface area contributed by atoms with Gasteiger partial charge < -0.3 is 5.32 Å². The zero-order chi connectivity index (χ0) is 13.9. The van der Waals surface area contributed by atoms with Crippen LogP contribution in [0.25, 0.3) is 10.2 Å². The third-order valence-corrected chi connectivity index (χ3v) is 4.59. The van der Waals surface area contributed by atoms with Gasteiger partial charge in [-0.05, 0) is 37.1 Å². The fraction of sp³-hybridized carbons (Fsp3) is 0.188. The Balaban J connectivity index is 1.65. The number of hydrogen-bond acceptors (Lipinski definition) is 3. The summed E-state index contributed by atoms with van der Waals surface area (Å²) >= 11 is 5.19. The van der Waals surface area contributed by atoms with Gasteiger partial charge in [-0.25, -0.2) is 4.98 Å². The van der Waals surface area contributed by atoms with Gasteiger partial charge in [0.1, 0.15) is 0 Å². The first kappa shape index (κ1) is 13.6. The van der Waals surface area contributed by atoms with Crippen LogP contribution < -0.4 is 5.32 Å². The first-order valence-electron chi connectivity index (χ1n) is 6.56. The average molecular weight is 347 g/mol. The van der Waals surface area contributed by atoms with E-state index >= 15 is 0 Å². The first-order valence-corrected chi connectivity index (χ1v) is 8.17. The van der Waals surface area contributed by atoms with E-state index < -0.39 is 0 Å². The van der Waals surface area contributed by atoms with E-state index in [-0.39, 0.29) is 0 Å². The maximum absolute atomic E-state index is 4.59. The summed E-state index contributed by atoms with van der Waals surface area (Å²) in [6.07, 6.45) is 1.02. The van der Waals surface area contributed by atoms with Crippen molar-refractivity contribution in [1.82, 2.24) is 4.98 Å². The smallest absolute Gasteiger partial charge is 0.183 e. The predicted octanol–water partition coefficient (Wildman–Crippen LogP) is 5.02. The van der Waals surface area contributed by atoms with Gasteiger partial charge in [-0.1, -0.05) is 57.1 Å². The molecular weight excluding hydrogens is 332 g/mol. The number of benzene rings is 2. The predicted molar refractivity (Wildman–Crippen MR) is 90.7 cm³/mol. The second-order valence-corrected chi connectivity index (χ2v) is 6.74.